The SMILES string of the molecule is CC(C)CCN1CC2(CCN(C(=O)NC(C)(C)CC(C)(C)C)CC2)C1c1ccc(F)cc1. The Labute approximate surface area is 194 Å². The zero-order valence-electron chi connectivity index (χ0n) is 21.3. The molecule has 1 aromatic carbocycles. The molecule has 5 heteroatoms. The minimum absolute atomic E-state index is 0.0587. The number of benzene rings is 1. The average molecular weight is 446 g/mol. The Morgan fingerprint density at radius 2 is 1.72 bits per heavy atom. The van der Waals surface area contributed by atoms with Gasteiger partial charge in [0.1, 0.15) is 5.82 Å². The fourth-order valence-electron chi connectivity index (χ4n) is 6.02. The van der Waals surface area contributed by atoms with Gasteiger partial charge in [-0.25, -0.2) is 9.18 Å². The maximum atomic E-state index is 13.6. The maximum absolute atomic E-state index is 13.6. The predicted octanol–water partition coefficient (Wildman–Crippen LogP) is 6.24. The minimum atomic E-state index is -0.231. The molecular formula is C27H44FN3O. The van der Waals surface area contributed by atoms with Crippen molar-refractivity contribution >= 4 is 6.03 Å². The highest BCUT2D eigenvalue weighted by molar-refractivity contribution is 5.75. The number of urea groups is 1. The third-order valence-corrected chi connectivity index (χ3v) is 7.11. The highest BCUT2D eigenvalue weighted by Gasteiger charge is 2.54. The van der Waals surface area contributed by atoms with Gasteiger partial charge in [-0.2, -0.15) is 0 Å². The zero-order chi connectivity index (χ0) is 23.7. The second-order valence-electron chi connectivity index (χ2n) is 12.5. The number of nitrogens with zero attached hydrogens (tertiary/aromatic N) is 2. The average Bonchev–Trinajstić information content (AvgIpc) is 2.64. The summed E-state index contributed by atoms with van der Waals surface area (Å²) in [7, 11) is 0. The molecule has 32 heavy (non-hydrogen) atoms. The molecule has 0 aromatic heterocycles. The summed E-state index contributed by atoms with van der Waals surface area (Å²) in [6.07, 6.45) is 4.10. The van der Waals surface area contributed by atoms with E-state index in [1.165, 1.54) is 12.0 Å². The Bertz CT molecular complexity index is 773. The lowest BCUT2D eigenvalue weighted by atomic mass is 9.63. The van der Waals surface area contributed by atoms with Crippen LogP contribution in [0.15, 0.2) is 24.3 Å². The van der Waals surface area contributed by atoms with Crippen molar-refractivity contribution in [3.05, 3.63) is 35.6 Å². The molecule has 180 valence electrons. The maximum Gasteiger partial charge on any atom is 0.317 e. The molecule has 2 heterocycles. The van der Waals surface area contributed by atoms with Crippen LogP contribution in [0.25, 0.3) is 0 Å². The summed E-state index contributed by atoms with van der Waals surface area (Å²) >= 11 is 0. The first kappa shape index (κ1) is 25.0. The van der Waals surface area contributed by atoms with Crippen LogP contribution in [-0.4, -0.2) is 47.5 Å². The first-order chi connectivity index (χ1) is 14.8. The number of likely N-dealkylation sites (tertiary alicyclic amines) is 2. The predicted molar refractivity (Wildman–Crippen MR) is 130 cm³/mol. The van der Waals surface area contributed by atoms with Crippen molar-refractivity contribution in [2.75, 3.05) is 26.2 Å². The molecule has 1 aromatic rings. The van der Waals surface area contributed by atoms with Crippen molar-refractivity contribution in [2.24, 2.45) is 16.7 Å². The van der Waals surface area contributed by atoms with Crippen LogP contribution in [0.3, 0.4) is 0 Å². The van der Waals surface area contributed by atoms with Crippen molar-refractivity contribution in [3.8, 4) is 0 Å². The van der Waals surface area contributed by atoms with Crippen LogP contribution in [0, 0.1) is 22.6 Å². The summed E-state index contributed by atoms with van der Waals surface area (Å²) in [5, 5.41) is 3.27. The smallest absolute Gasteiger partial charge is 0.317 e. The van der Waals surface area contributed by atoms with Crippen molar-refractivity contribution in [2.45, 2.75) is 85.7 Å². The lowest BCUT2D eigenvalue weighted by Crippen LogP contribution is -2.63. The highest BCUT2D eigenvalue weighted by Crippen LogP contribution is 2.55. The number of halogens is 1. The molecule has 0 bridgehead atoms. The number of hydrogen-bond acceptors (Lipinski definition) is 2. The van der Waals surface area contributed by atoms with Gasteiger partial charge in [0.05, 0.1) is 0 Å². The second kappa shape index (κ2) is 9.32. The van der Waals surface area contributed by atoms with Crippen LogP contribution in [0.1, 0.15) is 85.8 Å². The van der Waals surface area contributed by atoms with E-state index in [4.69, 9.17) is 0 Å². The van der Waals surface area contributed by atoms with Gasteiger partial charge in [0, 0.05) is 36.6 Å². The van der Waals surface area contributed by atoms with E-state index in [9.17, 15) is 9.18 Å². The molecule has 1 N–H and O–H groups in total. The quantitative estimate of drug-likeness (QED) is 0.563. The van der Waals surface area contributed by atoms with Gasteiger partial charge in [-0.15, -0.1) is 0 Å². The number of hydrogen-bond donors (Lipinski definition) is 1. The molecule has 4 nitrogen and oxygen atoms in total. The van der Waals surface area contributed by atoms with E-state index >= 15 is 0 Å². The van der Waals surface area contributed by atoms with Gasteiger partial charge in [0.2, 0.25) is 0 Å². The minimum Gasteiger partial charge on any atom is -0.333 e. The fraction of sp³-hybridized carbons (Fsp3) is 0.741. The number of amides is 2. The molecule has 2 saturated heterocycles. The summed E-state index contributed by atoms with van der Waals surface area (Å²) in [5.41, 5.74) is 1.33. The van der Waals surface area contributed by atoms with Crippen LogP contribution in [-0.2, 0) is 0 Å². The Morgan fingerprint density at radius 3 is 2.25 bits per heavy atom. The lowest BCUT2D eigenvalue weighted by Gasteiger charge is -2.61. The molecule has 2 amide bonds. The third-order valence-electron chi connectivity index (χ3n) is 7.11. The van der Waals surface area contributed by atoms with Gasteiger partial charge in [0.15, 0.2) is 0 Å². The largest absolute Gasteiger partial charge is 0.333 e. The van der Waals surface area contributed by atoms with Crippen molar-refractivity contribution in [3.63, 3.8) is 0 Å². The third kappa shape index (κ3) is 6.03. The normalized spacial score (nSPS) is 21.7. The molecule has 2 fully saturated rings. The van der Waals surface area contributed by atoms with Crippen molar-refractivity contribution in [1.82, 2.24) is 15.1 Å². The van der Waals surface area contributed by atoms with Gasteiger partial charge in [-0.3, -0.25) is 4.90 Å². The van der Waals surface area contributed by atoms with Gasteiger partial charge < -0.3 is 10.2 Å². The Hall–Kier alpha value is -1.62. The van der Waals surface area contributed by atoms with Gasteiger partial charge in [-0.05, 0) is 75.1 Å². The van der Waals surface area contributed by atoms with E-state index in [2.05, 4.69) is 58.7 Å². The number of carbonyl (C=O) groups is 1. The molecule has 2 aliphatic heterocycles. The molecule has 1 atom stereocenters. The summed E-state index contributed by atoms with van der Waals surface area (Å²) in [4.78, 5) is 17.6. The number of piperidine rings is 1. The first-order valence-electron chi connectivity index (χ1n) is 12.4. The van der Waals surface area contributed by atoms with E-state index in [1.807, 2.05) is 17.0 Å². The summed E-state index contributed by atoms with van der Waals surface area (Å²) < 4.78 is 13.6. The van der Waals surface area contributed by atoms with E-state index in [0.29, 0.717) is 12.0 Å². The molecule has 1 unspecified atom stereocenters. The van der Waals surface area contributed by atoms with E-state index < -0.39 is 0 Å². The molecule has 0 radical (unpaired) electrons. The van der Waals surface area contributed by atoms with Gasteiger partial charge in [-0.1, -0.05) is 46.8 Å². The Kier molecular flexibility index (Phi) is 7.29. The highest BCUT2D eigenvalue weighted by atomic mass is 19.1. The second-order valence-corrected chi connectivity index (χ2v) is 12.5. The molecule has 3 rings (SSSR count). The van der Waals surface area contributed by atoms with Crippen LogP contribution in [0.2, 0.25) is 0 Å². The van der Waals surface area contributed by atoms with Crippen LogP contribution < -0.4 is 5.32 Å². The van der Waals surface area contributed by atoms with Crippen molar-refractivity contribution in [1.29, 1.82) is 0 Å². The van der Waals surface area contributed by atoms with Crippen LogP contribution in [0.4, 0.5) is 9.18 Å². The molecule has 0 saturated carbocycles. The summed E-state index contributed by atoms with van der Waals surface area (Å²) in [5.74, 6) is 0.489. The number of rotatable bonds is 6. The fourth-order valence-corrected chi connectivity index (χ4v) is 6.02. The summed E-state index contributed by atoms with van der Waals surface area (Å²) in [6.45, 7) is 19.1. The van der Waals surface area contributed by atoms with Crippen LogP contribution >= 0.6 is 0 Å². The van der Waals surface area contributed by atoms with Gasteiger partial charge >= 0.3 is 6.03 Å². The topological polar surface area (TPSA) is 35.6 Å². The Balaban J connectivity index is 1.65. The number of nitrogens with one attached hydrogen (secondary N) is 1. The molecule has 1 spiro atoms. The summed E-state index contributed by atoms with van der Waals surface area (Å²) in [6, 6.07) is 7.46. The van der Waals surface area contributed by atoms with E-state index in [0.717, 1.165) is 45.4 Å². The lowest BCUT2D eigenvalue weighted by molar-refractivity contribution is -0.109. The zero-order valence-corrected chi connectivity index (χ0v) is 21.3. The Morgan fingerprint density at radius 1 is 1.12 bits per heavy atom. The van der Waals surface area contributed by atoms with Crippen molar-refractivity contribution < 1.29 is 9.18 Å². The molecular weight excluding hydrogens is 401 g/mol. The number of carbonyl (C=O) groups excluding carboxylic acids is 1. The monoisotopic (exact) mass is 445 g/mol. The standard InChI is InChI=1S/C27H44FN3O/c1-20(2)12-15-31-19-27(23(31)21-8-10-22(28)11-9-21)13-16-30(17-14-27)24(32)29-26(6,7)18-25(3,4)5/h8-11,20,23H,12-19H2,1-7H3,(H,29,32). The molecule has 0 aliphatic carbocycles. The van der Waals surface area contributed by atoms with Gasteiger partial charge in [0.25, 0.3) is 0 Å². The van der Waals surface area contributed by atoms with E-state index in [-0.39, 0.29) is 28.2 Å². The van der Waals surface area contributed by atoms with E-state index in [1.54, 1.807) is 12.1 Å². The molecule has 2 aliphatic rings. The first-order valence-corrected chi connectivity index (χ1v) is 12.4. The van der Waals surface area contributed by atoms with Crippen LogP contribution in [0.5, 0.6) is 0 Å².